The van der Waals surface area contributed by atoms with Gasteiger partial charge < -0.3 is 20.5 Å². The van der Waals surface area contributed by atoms with E-state index in [4.69, 9.17) is 4.84 Å². The molecule has 3 N–H and O–H groups in total. The predicted molar refractivity (Wildman–Crippen MR) is 81.9 cm³/mol. The van der Waals surface area contributed by atoms with E-state index in [2.05, 4.69) is 5.48 Å². The second kappa shape index (κ2) is 6.38. The summed E-state index contributed by atoms with van der Waals surface area (Å²) >= 11 is 0. The molecule has 2 aromatic rings. The highest BCUT2D eigenvalue weighted by atomic mass is 16.7. The Balaban J connectivity index is 1.75. The van der Waals surface area contributed by atoms with E-state index < -0.39 is 24.0 Å². The molecule has 1 heterocycles. The van der Waals surface area contributed by atoms with Gasteiger partial charge in [-0.2, -0.15) is 5.48 Å². The maximum atomic E-state index is 12.3. The van der Waals surface area contributed by atoms with Gasteiger partial charge >= 0.3 is 0 Å². The molecule has 2 unspecified atom stereocenters. The van der Waals surface area contributed by atoms with Crippen LogP contribution in [0.15, 0.2) is 48.5 Å². The summed E-state index contributed by atoms with van der Waals surface area (Å²) in [6.45, 7) is 0. The lowest BCUT2D eigenvalue weighted by Crippen LogP contribution is -2.43. The number of ketones is 2. The molecule has 1 aliphatic heterocycles. The summed E-state index contributed by atoms with van der Waals surface area (Å²) in [5.41, 5.74) is 2.62. The zero-order valence-corrected chi connectivity index (χ0v) is 12.2. The fourth-order valence-corrected chi connectivity index (χ4v) is 2.26. The van der Waals surface area contributed by atoms with Crippen molar-refractivity contribution in [3.05, 3.63) is 64.9 Å². The van der Waals surface area contributed by atoms with E-state index in [1.165, 1.54) is 48.5 Å². The van der Waals surface area contributed by atoms with Gasteiger partial charge in [-0.1, -0.05) is 0 Å². The molecule has 0 saturated carbocycles. The standard InChI is InChI=1S/C16H13N2O6/c19-11-5-1-9(2-6-11)13(21)15-17-24-16(18(15)23)14(22)10-3-7-12(20)8-4-10/h1-8,15-17,19-20H/q-1. The number of Topliss-reactive ketones (excluding diaryl/α,β-unsaturated/α-hetero) is 2. The Morgan fingerprint density at radius 2 is 1.38 bits per heavy atom. The lowest BCUT2D eigenvalue weighted by molar-refractivity contribution is 0.00902. The summed E-state index contributed by atoms with van der Waals surface area (Å²) in [4.78, 5) is 29.6. The first-order valence-electron chi connectivity index (χ1n) is 7.00. The van der Waals surface area contributed by atoms with Gasteiger partial charge in [0.2, 0.25) is 5.78 Å². The summed E-state index contributed by atoms with van der Waals surface area (Å²) < 4.78 is 0. The Bertz CT molecular complexity index is 694. The van der Waals surface area contributed by atoms with E-state index in [1.807, 2.05) is 0 Å². The molecule has 0 aliphatic carbocycles. The number of phenolic OH excluding ortho intramolecular Hbond substituents is 2. The highest BCUT2D eigenvalue weighted by Gasteiger charge is 2.37. The van der Waals surface area contributed by atoms with Gasteiger partial charge in [-0.15, -0.1) is 0 Å². The Kier molecular flexibility index (Phi) is 4.28. The van der Waals surface area contributed by atoms with E-state index in [1.54, 1.807) is 0 Å². The third-order valence-electron chi connectivity index (χ3n) is 3.55. The van der Waals surface area contributed by atoms with Gasteiger partial charge in [0.1, 0.15) is 17.7 Å². The molecule has 2 aromatic carbocycles. The third-order valence-corrected chi connectivity index (χ3v) is 3.55. The Hall–Kier alpha value is -2.78. The first-order valence-corrected chi connectivity index (χ1v) is 7.00. The topological polar surface area (TPSA) is 122 Å². The summed E-state index contributed by atoms with van der Waals surface area (Å²) in [6, 6.07) is 10.7. The molecular weight excluding hydrogens is 316 g/mol. The van der Waals surface area contributed by atoms with Crippen LogP contribution >= 0.6 is 0 Å². The van der Waals surface area contributed by atoms with Crippen LogP contribution in [0.25, 0.3) is 0 Å². The molecule has 0 amide bonds. The Morgan fingerprint density at radius 3 is 1.88 bits per heavy atom. The van der Waals surface area contributed by atoms with Crippen molar-refractivity contribution in [2.45, 2.75) is 12.4 Å². The minimum Gasteiger partial charge on any atom is -0.782 e. The molecule has 0 radical (unpaired) electrons. The second-order valence-corrected chi connectivity index (χ2v) is 5.17. The van der Waals surface area contributed by atoms with Crippen molar-refractivity contribution in [2.24, 2.45) is 0 Å². The number of phenols is 2. The molecule has 2 atom stereocenters. The van der Waals surface area contributed by atoms with Crippen LogP contribution in [0.4, 0.5) is 0 Å². The number of aromatic hydroxyl groups is 2. The smallest absolute Gasteiger partial charge is 0.207 e. The summed E-state index contributed by atoms with van der Waals surface area (Å²) in [5.74, 6) is -1.26. The summed E-state index contributed by atoms with van der Waals surface area (Å²) in [5, 5.41) is 31.0. The fraction of sp³-hybridized carbons (Fsp3) is 0.125. The van der Waals surface area contributed by atoms with Crippen molar-refractivity contribution in [1.29, 1.82) is 0 Å². The minimum atomic E-state index is -1.51. The molecule has 1 aliphatic rings. The third kappa shape index (κ3) is 2.99. The van der Waals surface area contributed by atoms with Gasteiger partial charge in [-0.25, -0.2) is 0 Å². The number of carbonyl (C=O) groups is 2. The number of carbonyl (C=O) groups excluding carboxylic acids is 2. The first-order chi connectivity index (χ1) is 11.5. The van der Waals surface area contributed by atoms with Crippen LogP contribution < -0.4 is 5.48 Å². The molecule has 24 heavy (non-hydrogen) atoms. The van der Waals surface area contributed by atoms with Crippen LogP contribution in [-0.2, 0) is 4.84 Å². The molecule has 0 aromatic heterocycles. The highest BCUT2D eigenvalue weighted by Crippen LogP contribution is 2.21. The molecule has 1 saturated heterocycles. The molecule has 8 nitrogen and oxygen atoms in total. The van der Waals surface area contributed by atoms with Crippen molar-refractivity contribution in [3.8, 4) is 11.5 Å². The molecule has 0 spiro atoms. The molecule has 3 rings (SSSR count). The zero-order valence-electron chi connectivity index (χ0n) is 12.2. The van der Waals surface area contributed by atoms with E-state index in [0.717, 1.165) is 0 Å². The minimum absolute atomic E-state index is 0.0125. The lowest BCUT2D eigenvalue weighted by atomic mass is 10.1. The molecule has 8 heteroatoms. The van der Waals surface area contributed by atoms with Crippen LogP contribution in [0.2, 0.25) is 0 Å². The quantitative estimate of drug-likeness (QED) is 0.714. The number of nitrogens with zero attached hydrogens (tertiary/aromatic N) is 1. The van der Waals surface area contributed by atoms with Gasteiger partial charge in [0, 0.05) is 11.1 Å². The van der Waals surface area contributed by atoms with Gasteiger partial charge in [0.25, 0.3) is 0 Å². The normalized spacial score (nSPS) is 20.9. The fourth-order valence-electron chi connectivity index (χ4n) is 2.26. The second-order valence-electron chi connectivity index (χ2n) is 5.17. The van der Waals surface area contributed by atoms with Crippen LogP contribution in [-0.4, -0.2) is 39.2 Å². The number of nitrogens with one attached hydrogen (secondary N) is 1. The molecule has 0 bridgehead atoms. The lowest BCUT2D eigenvalue weighted by Gasteiger charge is -2.30. The van der Waals surface area contributed by atoms with Crippen molar-refractivity contribution < 1.29 is 24.6 Å². The van der Waals surface area contributed by atoms with Crippen molar-refractivity contribution in [2.75, 3.05) is 0 Å². The van der Waals surface area contributed by atoms with E-state index in [-0.39, 0.29) is 27.7 Å². The van der Waals surface area contributed by atoms with Crippen LogP contribution in [0, 0.1) is 5.21 Å². The highest BCUT2D eigenvalue weighted by molar-refractivity contribution is 6.02. The predicted octanol–water partition coefficient (Wildman–Crippen LogP) is 1.15. The van der Waals surface area contributed by atoms with Crippen molar-refractivity contribution in [3.63, 3.8) is 0 Å². The number of rotatable bonds is 4. The maximum Gasteiger partial charge on any atom is 0.207 e. The van der Waals surface area contributed by atoms with Crippen molar-refractivity contribution in [1.82, 2.24) is 10.5 Å². The SMILES string of the molecule is O=C(c1ccc(O)cc1)C1NOC(C(=O)c2ccc(O)cc2)N1[O-]. The first kappa shape index (κ1) is 16.1. The Labute approximate surface area is 136 Å². The Morgan fingerprint density at radius 1 is 0.917 bits per heavy atom. The van der Waals surface area contributed by atoms with E-state index >= 15 is 0 Å². The number of hydrogen-bond acceptors (Lipinski definition) is 8. The largest absolute Gasteiger partial charge is 0.782 e. The van der Waals surface area contributed by atoms with Gasteiger partial charge in [-0.3, -0.25) is 14.4 Å². The number of benzene rings is 2. The van der Waals surface area contributed by atoms with Crippen LogP contribution in [0.5, 0.6) is 11.5 Å². The number of hydrogen-bond donors (Lipinski definition) is 3. The summed E-state index contributed by atoms with van der Waals surface area (Å²) in [7, 11) is 0. The van der Waals surface area contributed by atoms with Gasteiger partial charge in [-0.05, 0) is 48.5 Å². The van der Waals surface area contributed by atoms with Crippen LogP contribution in [0.3, 0.4) is 0 Å². The monoisotopic (exact) mass is 329 g/mol. The van der Waals surface area contributed by atoms with Crippen LogP contribution in [0.1, 0.15) is 20.7 Å². The van der Waals surface area contributed by atoms with E-state index in [9.17, 15) is 25.0 Å². The molecular formula is C16H13N2O6-. The van der Waals surface area contributed by atoms with Gasteiger partial charge in [0.15, 0.2) is 12.0 Å². The summed E-state index contributed by atoms with van der Waals surface area (Å²) in [6.07, 6.45) is -2.89. The average molecular weight is 329 g/mol. The zero-order chi connectivity index (χ0) is 17.3. The molecule has 1 fully saturated rings. The molecule has 124 valence electrons. The van der Waals surface area contributed by atoms with Gasteiger partial charge in [0.05, 0.1) is 0 Å². The van der Waals surface area contributed by atoms with Crippen molar-refractivity contribution >= 4 is 11.6 Å². The average Bonchev–Trinajstić information content (AvgIpc) is 2.96. The maximum absolute atomic E-state index is 12.3. The number of hydroxylamine groups is 3. The van der Waals surface area contributed by atoms with E-state index in [0.29, 0.717) is 0 Å².